The lowest BCUT2D eigenvalue weighted by atomic mass is 9.94. The molecule has 1 heterocycles. The van der Waals surface area contributed by atoms with Crippen LogP contribution < -0.4 is 5.32 Å². The predicted molar refractivity (Wildman–Crippen MR) is 115 cm³/mol. The van der Waals surface area contributed by atoms with Crippen LogP contribution in [0.2, 0.25) is 0 Å². The average molecular weight is 439 g/mol. The molecular weight excluding hydrogens is 411 g/mol. The first kappa shape index (κ1) is 22.0. The number of carbonyl (C=O) groups excluding carboxylic acids is 1. The number of aromatic nitrogens is 2. The monoisotopic (exact) mass is 438 g/mol. The zero-order valence-corrected chi connectivity index (χ0v) is 18.2. The van der Waals surface area contributed by atoms with E-state index in [1.165, 1.54) is 41.7 Å². The summed E-state index contributed by atoms with van der Waals surface area (Å²) >= 11 is 2.86. The second-order valence-corrected chi connectivity index (χ2v) is 9.22. The van der Waals surface area contributed by atoms with Gasteiger partial charge in [-0.2, -0.15) is 0 Å². The second-order valence-electron chi connectivity index (χ2n) is 7.02. The molecular formula is C20H27FN4O2S2. The molecule has 0 saturated heterocycles. The molecule has 0 atom stereocenters. The maximum atomic E-state index is 13.2. The number of carbonyl (C=O) groups is 1. The maximum absolute atomic E-state index is 13.2. The molecule has 0 aliphatic heterocycles. The molecule has 3 rings (SSSR count). The number of nitrogens with zero attached hydrogens (tertiary/aromatic N) is 3. The van der Waals surface area contributed by atoms with E-state index >= 15 is 0 Å². The van der Waals surface area contributed by atoms with Gasteiger partial charge < -0.3 is 15.0 Å². The number of thioether (sulfide) groups is 1. The van der Waals surface area contributed by atoms with Crippen LogP contribution in [0, 0.1) is 5.82 Å². The highest BCUT2D eigenvalue weighted by Crippen LogP contribution is 2.28. The van der Waals surface area contributed by atoms with Crippen LogP contribution in [0.25, 0.3) is 0 Å². The van der Waals surface area contributed by atoms with E-state index in [-0.39, 0.29) is 17.8 Å². The Labute approximate surface area is 179 Å². The van der Waals surface area contributed by atoms with Gasteiger partial charge in [-0.05, 0) is 30.5 Å². The van der Waals surface area contributed by atoms with Crippen LogP contribution in [0.3, 0.4) is 0 Å². The van der Waals surface area contributed by atoms with Crippen molar-refractivity contribution in [3.63, 3.8) is 0 Å². The van der Waals surface area contributed by atoms with Crippen molar-refractivity contribution in [2.75, 3.05) is 31.3 Å². The first-order valence-corrected chi connectivity index (χ1v) is 11.7. The number of anilines is 1. The third-order valence-corrected chi connectivity index (χ3v) is 6.91. The lowest BCUT2D eigenvalue weighted by molar-refractivity contribution is -0.132. The first-order chi connectivity index (χ1) is 14.2. The molecule has 1 N–H and O–H groups in total. The van der Waals surface area contributed by atoms with E-state index in [4.69, 9.17) is 4.74 Å². The molecule has 9 heteroatoms. The zero-order chi connectivity index (χ0) is 20.5. The van der Waals surface area contributed by atoms with Crippen LogP contribution in [-0.4, -0.2) is 53.1 Å². The number of amides is 1. The summed E-state index contributed by atoms with van der Waals surface area (Å²) in [6.45, 7) is 1.78. The van der Waals surface area contributed by atoms with Crippen molar-refractivity contribution in [1.29, 1.82) is 0 Å². The van der Waals surface area contributed by atoms with Crippen LogP contribution in [0.15, 0.2) is 28.6 Å². The van der Waals surface area contributed by atoms with Gasteiger partial charge in [0.25, 0.3) is 0 Å². The molecule has 6 nitrogen and oxygen atoms in total. The van der Waals surface area contributed by atoms with Crippen molar-refractivity contribution >= 4 is 34.1 Å². The molecule has 1 aromatic heterocycles. The molecule has 1 aliphatic carbocycles. The van der Waals surface area contributed by atoms with E-state index in [0.717, 1.165) is 40.7 Å². The van der Waals surface area contributed by atoms with Crippen LogP contribution in [0.4, 0.5) is 9.52 Å². The van der Waals surface area contributed by atoms with Gasteiger partial charge in [-0.3, -0.25) is 4.79 Å². The van der Waals surface area contributed by atoms with Crippen molar-refractivity contribution in [3.05, 3.63) is 35.6 Å². The van der Waals surface area contributed by atoms with Crippen molar-refractivity contribution in [2.45, 2.75) is 49.0 Å². The Kier molecular flexibility index (Phi) is 8.69. The number of halogens is 1. The highest BCUT2D eigenvalue weighted by Gasteiger charge is 2.26. The largest absolute Gasteiger partial charge is 0.383 e. The summed E-state index contributed by atoms with van der Waals surface area (Å²) in [5.74, 6) is 0.158. The Hall–Kier alpha value is -1.71. The lowest BCUT2D eigenvalue weighted by Gasteiger charge is -2.34. The summed E-state index contributed by atoms with van der Waals surface area (Å²) in [4.78, 5) is 15.0. The van der Waals surface area contributed by atoms with E-state index < -0.39 is 0 Å². The number of hydrogen-bond donors (Lipinski definition) is 1. The van der Waals surface area contributed by atoms with Crippen molar-refractivity contribution < 1.29 is 13.9 Å². The number of rotatable bonds is 10. The number of benzene rings is 1. The Morgan fingerprint density at radius 1 is 1.28 bits per heavy atom. The minimum Gasteiger partial charge on any atom is -0.383 e. The SMILES string of the molecule is COCCNc1nnc(SCC(=O)N(Cc2ccc(F)cc2)C2CCCCC2)s1. The van der Waals surface area contributed by atoms with Gasteiger partial charge in [0, 0.05) is 26.2 Å². The smallest absolute Gasteiger partial charge is 0.233 e. The topological polar surface area (TPSA) is 67.3 Å². The Bertz CT molecular complexity index is 766. The maximum Gasteiger partial charge on any atom is 0.233 e. The quantitative estimate of drug-likeness (QED) is 0.443. The van der Waals surface area contributed by atoms with Crippen molar-refractivity contribution in [3.8, 4) is 0 Å². The highest BCUT2D eigenvalue weighted by molar-refractivity contribution is 8.01. The Balaban J connectivity index is 1.59. The van der Waals surface area contributed by atoms with E-state index in [0.29, 0.717) is 25.4 Å². The average Bonchev–Trinajstić information content (AvgIpc) is 3.20. The highest BCUT2D eigenvalue weighted by atomic mass is 32.2. The van der Waals surface area contributed by atoms with Crippen LogP contribution in [0.5, 0.6) is 0 Å². The van der Waals surface area contributed by atoms with Gasteiger partial charge >= 0.3 is 0 Å². The Morgan fingerprint density at radius 3 is 2.76 bits per heavy atom. The van der Waals surface area contributed by atoms with Crippen LogP contribution in [-0.2, 0) is 16.1 Å². The summed E-state index contributed by atoms with van der Waals surface area (Å²) in [6, 6.07) is 6.67. The first-order valence-electron chi connectivity index (χ1n) is 9.88. The van der Waals surface area contributed by atoms with Gasteiger partial charge in [-0.25, -0.2) is 4.39 Å². The number of nitrogens with one attached hydrogen (secondary N) is 1. The van der Waals surface area contributed by atoms with Gasteiger partial charge in [-0.15, -0.1) is 10.2 Å². The Morgan fingerprint density at radius 2 is 2.03 bits per heavy atom. The number of methoxy groups -OCH3 is 1. The number of hydrogen-bond acceptors (Lipinski definition) is 7. The number of ether oxygens (including phenoxy) is 1. The lowest BCUT2D eigenvalue weighted by Crippen LogP contribution is -2.41. The van der Waals surface area contributed by atoms with E-state index in [2.05, 4.69) is 15.5 Å². The van der Waals surface area contributed by atoms with Gasteiger partial charge in [0.2, 0.25) is 11.0 Å². The molecule has 1 aromatic carbocycles. The zero-order valence-electron chi connectivity index (χ0n) is 16.6. The van der Waals surface area contributed by atoms with Gasteiger partial charge in [0.1, 0.15) is 5.82 Å². The normalized spacial score (nSPS) is 14.7. The second kappa shape index (κ2) is 11.5. The molecule has 1 saturated carbocycles. The van der Waals surface area contributed by atoms with Crippen LogP contribution >= 0.6 is 23.1 Å². The molecule has 0 radical (unpaired) electrons. The molecule has 2 aromatic rings. The van der Waals surface area contributed by atoms with Crippen molar-refractivity contribution in [2.24, 2.45) is 0 Å². The predicted octanol–water partition coefficient (Wildman–Crippen LogP) is 4.19. The van der Waals surface area contributed by atoms with Gasteiger partial charge in [-0.1, -0.05) is 54.5 Å². The summed E-state index contributed by atoms with van der Waals surface area (Å²) in [7, 11) is 1.65. The third kappa shape index (κ3) is 6.94. The molecule has 0 spiro atoms. The standard InChI is InChI=1S/C20H27FN4O2S2/c1-27-12-11-22-19-23-24-20(29-19)28-14-18(26)25(17-5-3-2-4-6-17)13-15-7-9-16(21)10-8-15/h7-10,17H,2-6,11-14H2,1H3,(H,22,23). The van der Waals surface area contributed by atoms with Crippen molar-refractivity contribution in [1.82, 2.24) is 15.1 Å². The molecule has 29 heavy (non-hydrogen) atoms. The van der Waals surface area contributed by atoms with E-state index in [1.807, 2.05) is 4.90 Å². The molecule has 1 aliphatic rings. The summed E-state index contributed by atoms with van der Waals surface area (Å²) in [6.07, 6.45) is 5.59. The fourth-order valence-electron chi connectivity index (χ4n) is 3.41. The molecule has 158 valence electrons. The fraction of sp³-hybridized carbons (Fsp3) is 0.550. The minimum absolute atomic E-state index is 0.0929. The van der Waals surface area contributed by atoms with Gasteiger partial charge in [0.05, 0.1) is 12.4 Å². The molecule has 0 unspecified atom stereocenters. The van der Waals surface area contributed by atoms with Gasteiger partial charge in [0.15, 0.2) is 4.34 Å². The van der Waals surface area contributed by atoms with Crippen LogP contribution in [0.1, 0.15) is 37.7 Å². The summed E-state index contributed by atoms with van der Waals surface area (Å²) in [5, 5.41) is 12.1. The third-order valence-electron chi connectivity index (χ3n) is 4.91. The van der Waals surface area contributed by atoms with E-state index in [1.54, 1.807) is 19.2 Å². The summed E-state index contributed by atoms with van der Waals surface area (Å²) < 4.78 is 19.0. The molecule has 1 amide bonds. The summed E-state index contributed by atoms with van der Waals surface area (Å²) in [5.41, 5.74) is 0.955. The van der Waals surface area contributed by atoms with E-state index in [9.17, 15) is 9.18 Å². The molecule has 0 bridgehead atoms. The molecule has 1 fully saturated rings. The minimum atomic E-state index is -0.258. The fourth-order valence-corrected chi connectivity index (χ4v) is 5.07.